The maximum atomic E-state index is 13.3. The third-order valence-electron chi connectivity index (χ3n) is 4.39. The molecule has 0 atom stereocenters. The number of hydrogen-bond donors (Lipinski definition) is 1. The van der Waals surface area contributed by atoms with Gasteiger partial charge in [0, 0.05) is 22.8 Å². The minimum Gasteiger partial charge on any atom is -0.324 e. The van der Waals surface area contributed by atoms with Gasteiger partial charge in [-0.3, -0.25) is 19.2 Å². The Morgan fingerprint density at radius 2 is 1.77 bits per heavy atom. The minimum absolute atomic E-state index is 0.0208. The zero-order valence-electron chi connectivity index (χ0n) is 16.4. The molecule has 0 saturated carbocycles. The number of hydrogen-bond acceptors (Lipinski definition) is 5. The Morgan fingerprint density at radius 1 is 1.06 bits per heavy atom. The second-order valence-electron chi connectivity index (χ2n) is 6.61. The van der Waals surface area contributed by atoms with Crippen molar-refractivity contribution in [2.24, 2.45) is 0 Å². The third kappa shape index (κ3) is 5.19. The van der Waals surface area contributed by atoms with Gasteiger partial charge in [0.25, 0.3) is 15.7 Å². The van der Waals surface area contributed by atoms with Gasteiger partial charge in [0.05, 0.1) is 15.5 Å². The number of non-ortho nitro benzene ring substituents is 1. The van der Waals surface area contributed by atoms with Gasteiger partial charge >= 0.3 is 0 Å². The van der Waals surface area contributed by atoms with Crippen molar-refractivity contribution in [1.82, 2.24) is 0 Å². The SMILES string of the molecule is Cc1cc(Cl)ccc1N(CC(=O)Nc1cccc([N+](=O)[O-])c1)S(=O)(=O)c1ccccc1. The van der Waals surface area contributed by atoms with Crippen molar-refractivity contribution >= 4 is 44.6 Å². The lowest BCUT2D eigenvalue weighted by molar-refractivity contribution is -0.384. The first-order valence-electron chi connectivity index (χ1n) is 9.07. The summed E-state index contributed by atoms with van der Waals surface area (Å²) < 4.78 is 27.6. The normalized spacial score (nSPS) is 11.0. The van der Waals surface area contributed by atoms with Crippen LogP contribution in [0.4, 0.5) is 17.1 Å². The number of nitrogens with one attached hydrogen (secondary N) is 1. The third-order valence-corrected chi connectivity index (χ3v) is 6.40. The Hall–Kier alpha value is -3.43. The van der Waals surface area contributed by atoms with Crippen LogP contribution in [-0.4, -0.2) is 25.8 Å². The fraction of sp³-hybridized carbons (Fsp3) is 0.0952. The second kappa shape index (κ2) is 9.15. The summed E-state index contributed by atoms with van der Waals surface area (Å²) in [6.45, 7) is 1.15. The lowest BCUT2D eigenvalue weighted by Crippen LogP contribution is -2.38. The Kier molecular flexibility index (Phi) is 6.57. The number of carbonyl (C=O) groups excluding carboxylic acids is 1. The van der Waals surface area contributed by atoms with Crippen LogP contribution in [0.25, 0.3) is 0 Å². The molecule has 0 heterocycles. The van der Waals surface area contributed by atoms with E-state index in [0.717, 1.165) is 4.31 Å². The number of carbonyl (C=O) groups is 1. The molecule has 0 radical (unpaired) electrons. The van der Waals surface area contributed by atoms with E-state index in [1.54, 1.807) is 31.2 Å². The molecule has 0 aliphatic carbocycles. The quantitative estimate of drug-likeness (QED) is 0.416. The van der Waals surface area contributed by atoms with E-state index in [1.165, 1.54) is 48.5 Å². The van der Waals surface area contributed by atoms with Gasteiger partial charge < -0.3 is 5.32 Å². The molecule has 10 heteroatoms. The average molecular weight is 460 g/mol. The molecular formula is C21H18ClN3O5S. The number of anilines is 2. The van der Waals surface area contributed by atoms with Crippen LogP contribution in [0, 0.1) is 17.0 Å². The number of nitro benzene ring substituents is 1. The van der Waals surface area contributed by atoms with Crippen LogP contribution >= 0.6 is 11.6 Å². The number of nitro groups is 1. The highest BCUT2D eigenvalue weighted by atomic mass is 35.5. The van der Waals surface area contributed by atoms with Crippen LogP contribution in [-0.2, 0) is 14.8 Å². The summed E-state index contributed by atoms with van der Waals surface area (Å²) in [4.78, 5) is 23.1. The van der Waals surface area contributed by atoms with E-state index in [9.17, 15) is 23.3 Å². The van der Waals surface area contributed by atoms with Crippen LogP contribution in [0.5, 0.6) is 0 Å². The summed E-state index contributed by atoms with van der Waals surface area (Å²) in [7, 11) is -4.08. The number of nitrogens with zero attached hydrogens (tertiary/aromatic N) is 2. The highest BCUT2D eigenvalue weighted by molar-refractivity contribution is 7.92. The topological polar surface area (TPSA) is 110 Å². The maximum Gasteiger partial charge on any atom is 0.271 e. The van der Waals surface area contributed by atoms with Crippen molar-refractivity contribution in [2.45, 2.75) is 11.8 Å². The molecule has 0 fully saturated rings. The first-order chi connectivity index (χ1) is 14.7. The number of aryl methyl sites for hydroxylation is 1. The molecule has 0 spiro atoms. The zero-order chi connectivity index (χ0) is 22.6. The lowest BCUT2D eigenvalue weighted by Gasteiger charge is -2.25. The number of halogens is 1. The van der Waals surface area contributed by atoms with E-state index in [-0.39, 0.29) is 16.3 Å². The highest BCUT2D eigenvalue weighted by Gasteiger charge is 2.28. The summed E-state index contributed by atoms with van der Waals surface area (Å²) >= 11 is 6.00. The summed E-state index contributed by atoms with van der Waals surface area (Å²) in [5.41, 5.74) is 0.849. The first-order valence-corrected chi connectivity index (χ1v) is 10.9. The van der Waals surface area contributed by atoms with Gasteiger partial charge in [0.1, 0.15) is 6.54 Å². The maximum absolute atomic E-state index is 13.3. The Balaban J connectivity index is 1.96. The highest BCUT2D eigenvalue weighted by Crippen LogP contribution is 2.29. The first kappa shape index (κ1) is 22.3. The van der Waals surface area contributed by atoms with Crippen LogP contribution in [0.1, 0.15) is 5.56 Å². The van der Waals surface area contributed by atoms with E-state index in [2.05, 4.69) is 5.32 Å². The Labute approximate surface area is 184 Å². The molecule has 0 saturated heterocycles. The fourth-order valence-electron chi connectivity index (χ4n) is 2.95. The lowest BCUT2D eigenvalue weighted by atomic mass is 10.2. The van der Waals surface area contributed by atoms with Crippen LogP contribution in [0.3, 0.4) is 0 Å². The summed E-state index contributed by atoms with van der Waals surface area (Å²) in [5.74, 6) is -0.658. The number of benzene rings is 3. The van der Waals surface area contributed by atoms with Gasteiger partial charge in [0.2, 0.25) is 5.91 Å². The van der Waals surface area contributed by atoms with E-state index in [4.69, 9.17) is 11.6 Å². The molecule has 1 N–H and O–H groups in total. The van der Waals surface area contributed by atoms with Crippen molar-refractivity contribution in [1.29, 1.82) is 0 Å². The molecule has 1 amide bonds. The van der Waals surface area contributed by atoms with Crippen molar-refractivity contribution in [3.8, 4) is 0 Å². The van der Waals surface area contributed by atoms with Crippen molar-refractivity contribution in [3.05, 3.63) is 93.5 Å². The monoisotopic (exact) mass is 459 g/mol. The van der Waals surface area contributed by atoms with E-state index in [0.29, 0.717) is 16.3 Å². The fourth-order valence-corrected chi connectivity index (χ4v) is 4.68. The molecule has 0 bridgehead atoms. The standard InChI is InChI=1S/C21H18ClN3O5S/c1-15-12-16(22)10-11-20(15)24(31(29,30)19-8-3-2-4-9-19)14-21(26)23-17-6-5-7-18(13-17)25(27)28/h2-13H,14H2,1H3,(H,23,26). The second-order valence-corrected chi connectivity index (χ2v) is 8.91. The molecule has 3 aromatic carbocycles. The van der Waals surface area contributed by atoms with E-state index >= 15 is 0 Å². The van der Waals surface area contributed by atoms with Gasteiger partial charge in [-0.15, -0.1) is 0 Å². The number of sulfonamides is 1. The molecule has 160 valence electrons. The molecule has 0 aromatic heterocycles. The predicted octanol–water partition coefficient (Wildman–Crippen LogP) is 4.39. The smallest absolute Gasteiger partial charge is 0.271 e. The van der Waals surface area contributed by atoms with E-state index < -0.39 is 27.4 Å². The van der Waals surface area contributed by atoms with Gasteiger partial charge in [-0.05, 0) is 48.9 Å². The summed E-state index contributed by atoms with van der Waals surface area (Å²) in [6, 6.07) is 17.8. The van der Waals surface area contributed by atoms with Crippen LogP contribution in [0.15, 0.2) is 77.7 Å². The number of amides is 1. The van der Waals surface area contributed by atoms with Crippen LogP contribution in [0.2, 0.25) is 5.02 Å². The van der Waals surface area contributed by atoms with Gasteiger partial charge in [-0.1, -0.05) is 35.9 Å². The van der Waals surface area contributed by atoms with E-state index in [1.807, 2.05) is 0 Å². The molecule has 0 unspecified atom stereocenters. The average Bonchev–Trinajstić information content (AvgIpc) is 2.73. The molecule has 0 aliphatic rings. The summed E-state index contributed by atoms with van der Waals surface area (Å²) in [6.07, 6.45) is 0. The van der Waals surface area contributed by atoms with Crippen molar-refractivity contribution in [2.75, 3.05) is 16.2 Å². The minimum atomic E-state index is -4.08. The molecule has 3 aromatic rings. The van der Waals surface area contributed by atoms with Gasteiger partial charge in [0.15, 0.2) is 0 Å². The molecular weight excluding hydrogens is 442 g/mol. The Morgan fingerprint density at radius 3 is 2.42 bits per heavy atom. The predicted molar refractivity (Wildman–Crippen MR) is 119 cm³/mol. The molecule has 31 heavy (non-hydrogen) atoms. The largest absolute Gasteiger partial charge is 0.324 e. The molecule has 8 nitrogen and oxygen atoms in total. The molecule has 0 aliphatic heterocycles. The van der Waals surface area contributed by atoms with Gasteiger partial charge in [-0.2, -0.15) is 0 Å². The number of rotatable bonds is 7. The van der Waals surface area contributed by atoms with Gasteiger partial charge in [-0.25, -0.2) is 8.42 Å². The zero-order valence-corrected chi connectivity index (χ0v) is 17.9. The van der Waals surface area contributed by atoms with Crippen molar-refractivity contribution in [3.63, 3.8) is 0 Å². The van der Waals surface area contributed by atoms with Crippen molar-refractivity contribution < 1.29 is 18.1 Å². The Bertz CT molecular complexity index is 1230. The summed E-state index contributed by atoms with van der Waals surface area (Å²) in [5, 5.41) is 13.9. The molecule has 3 rings (SSSR count). The van der Waals surface area contributed by atoms with Crippen LogP contribution < -0.4 is 9.62 Å².